The molecule has 0 amide bonds. The summed E-state index contributed by atoms with van der Waals surface area (Å²) in [7, 11) is 0. The van der Waals surface area contributed by atoms with E-state index in [2.05, 4.69) is 10.3 Å². The monoisotopic (exact) mass is 347 g/mol. The number of aliphatic hydroxyl groups is 1. The van der Waals surface area contributed by atoms with Crippen molar-refractivity contribution in [2.24, 2.45) is 0 Å². The van der Waals surface area contributed by atoms with Gasteiger partial charge in [0.25, 0.3) is 0 Å². The molecule has 1 heterocycles. The van der Waals surface area contributed by atoms with Gasteiger partial charge in [-0.3, -0.25) is 0 Å². The van der Waals surface area contributed by atoms with Crippen LogP contribution in [-0.2, 0) is 5.60 Å². The molecule has 0 radical (unpaired) electrons. The van der Waals surface area contributed by atoms with Gasteiger partial charge < -0.3 is 5.11 Å². The first-order valence-corrected chi connectivity index (χ1v) is 6.06. The zero-order valence-electron chi connectivity index (χ0n) is 9.35. The van der Waals surface area contributed by atoms with Crippen LogP contribution in [0.2, 0.25) is 0 Å². The van der Waals surface area contributed by atoms with Gasteiger partial charge in [-0.2, -0.15) is 0 Å². The molecule has 1 aromatic heterocycles. The molecule has 2 aromatic rings. The van der Waals surface area contributed by atoms with E-state index in [0.717, 1.165) is 9.26 Å². The van der Waals surface area contributed by atoms with Crippen molar-refractivity contribution in [2.45, 2.75) is 19.4 Å². The quantitative estimate of drug-likeness (QED) is 0.848. The number of halogens is 2. The summed E-state index contributed by atoms with van der Waals surface area (Å²) in [6.45, 7) is 3.27. The Kier molecular flexibility index (Phi) is 3.17. The molecule has 17 heavy (non-hydrogen) atoms. The molecule has 0 unspecified atom stereocenters. The third-order valence-corrected chi connectivity index (χ3v) is 3.14. The van der Waals surface area contributed by atoms with Crippen LogP contribution in [0, 0.1) is 9.39 Å². The van der Waals surface area contributed by atoms with Gasteiger partial charge in [0, 0.05) is 3.57 Å². The van der Waals surface area contributed by atoms with Crippen LogP contribution < -0.4 is 0 Å². The van der Waals surface area contributed by atoms with Crippen molar-refractivity contribution < 1.29 is 9.50 Å². The summed E-state index contributed by atoms with van der Waals surface area (Å²) in [5, 5.41) is 17.6. The summed E-state index contributed by atoms with van der Waals surface area (Å²) in [6.07, 6.45) is 1.63. The zero-order valence-corrected chi connectivity index (χ0v) is 11.5. The molecule has 0 bridgehead atoms. The minimum absolute atomic E-state index is 0.291. The molecule has 0 saturated carbocycles. The standard InChI is InChI=1S/C11H11FIN3O/c1-11(2,17)10-6-16(15-14-10)9-4-3-7(12)5-8(9)13/h3-6,17H,1-2H3. The molecule has 6 heteroatoms. The zero-order chi connectivity index (χ0) is 12.6. The lowest BCUT2D eigenvalue weighted by molar-refractivity contribution is 0.0737. The van der Waals surface area contributed by atoms with Crippen LogP contribution in [-0.4, -0.2) is 20.1 Å². The minimum Gasteiger partial charge on any atom is -0.384 e. The van der Waals surface area contributed by atoms with Gasteiger partial charge in [0.2, 0.25) is 0 Å². The van der Waals surface area contributed by atoms with E-state index in [-0.39, 0.29) is 5.82 Å². The average Bonchev–Trinajstić information content (AvgIpc) is 2.65. The molecule has 0 spiro atoms. The second-order valence-electron chi connectivity index (χ2n) is 4.20. The van der Waals surface area contributed by atoms with Crippen LogP contribution in [0.25, 0.3) is 5.69 Å². The largest absolute Gasteiger partial charge is 0.384 e. The van der Waals surface area contributed by atoms with Gasteiger partial charge in [0.05, 0.1) is 11.9 Å². The summed E-state index contributed by atoms with van der Waals surface area (Å²) in [4.78, 5) is 0. The SMILES string of the molecule is CC(C)(O)c1cn(-c2ccc(F)cc2I)nn1. The molecule has 1 N–H and O–H groups in total. The molecule has 0 saturated heterocycles. The normalized spacial score (nSPS) is 11.8. The van der Waals surface area contributed by atoms with Crippen LogP contribution >= 0.6 is 22.6 Å². The van der Waals surface area contributed by atoms with Crippen molar-refractivity contribution in [3.8, 4) is 5.69 Å². The van der Waals surface area contributed by atoms with E-state index in [1.807, 2.05) is 22.6 Å². The number of hydrogen-bond donors (Lipinski definition) is 1. The summed E-state index contributed by atoms with van der Waals surface area (Å²) in [5.41, 5.74) is 0.164. The molecule has 4 nitrogen and oxygen atoms in total. The van der Waals surface area contributed by atoms with E-state index >= 15 is 0 Å². The van der Waals surface area contributed by atoms with E-state index in [9.17, 15) is 9.50 Å². The lowest BCUT2D eigenvalue weighted by Gasteiger charge is -2.11. The van der Waals surface area contributed by atoms with Crippen molar-refractivity contribution in [1.29, 1.82) is 0 Å². The highest BCUT2D eigenvalue weighted by atomic mass is 127. The van der Waals surface area contributed by atoms with Gasteiger partial charge in [-0.05, 0) is 54.6 Å². The molecule has 2 rings (SSSR count). The first-order valence-electron chi connectivity index (χ1n) is 4.98. The molecule has 90 valence electrons. The van der Waals surface area contributed by atoms with E-state index in [1.165, 1.54) is 16.8 Å². The minimum atomic E-state index is -1.04. The highest BCUT2D eigenvalue weighted by molar-refractivity contribution is 14.1. The maximum absolute atomic E-state index is 13.0. The van der Waals surface area contributed by atoms with E-state index in [0.29, 0.717) is 5.69 Å². The van der Waals surface area contributed by atoms with Gasteiger partial charge in [-0.1, -0.05) is 5.21 Å². The van der Waals surface area contributed by atoms with Crippen LogP contribution in [0.15, 0.2) is 24.4 Å². The number of hydrogen-bond acceptors (Lipinski definition) is 3. The van der Waals surface area contributed by atoms with Crippen molar-refractivity contribution in [1.82, 2.24) is 15.0 Å². The molecule has 0 aliphatic rings. The fraction of sp³-hybridized carbons (Fsp3) is 0.273. The third kappa shape index (κ3) is 2.63. The van der Waals surface area contributed by atoms with Gasteiger partial charge >= 0.3 is 0 Å². The Hall–Kier alpha value is -1.02. The Morgan fingerprint density at radius 2 is 2.12 bits per heavy atom. The lowest BCUT2D eigenvalue weighted by atomic mass is 10.1. The van der Waals surface area contributed by atoms with E-state index in [4.69, 9.17) is 0 Å². The summed E-state index contributed by atoms with van der Waals surface area (Å²) in [5.74, 6) is -0.291. The molecular weight excluding hydrogens is 336 g/mol. The van der Waals surface area contributed by atoms with Gasteiger partial charge in [0.15, 0.2) is 0 Å². The predicted molar refractivity (Wildman–Crippen MR) is 69.3 cm³/mol. The second kappa shape index (κ2) is 4.34. The van der Waals surface area contributed by atoms with Crippen molar-refractivity contribution in [3.63, 3.8) is 0 Å². The second-order valence-corrected chi connectivity index (χ2v) is 5.37. The summed E-state index contributed by atoms with van der Waals surface area (Å²) < 4.78 is 15.2. The first-order chi connectivity index (χ1) is 7.88. The van der Waals surface area contributed by atoms with Crippen LogP contribution in [0.4, 0.5) is 4.39 Å². The number of rotatable bonds is 2. The Balaban J connectivity index is 2.44. The molecule has 1 aromatic carbocycles. The van der Waals surface area contributed by atoms with Crippen LogP contribution in [0.3, 0.4) is 0 Å². The van der Waals surface area contributed by atoms with Crippen molar-refractivity contribution in [3.05, 3.63) is 39.5 Å². The van der Waals surface area contributed by atoms with E-state index < -0.39 is 5.60 Å². The molecule has 0 fully saturated rings. The van der Waals surface area contributed by atoms with Gasteiger partial charge in [-0.15, -0.1) is 5.10 Å². The third-order valence-electron chi connectivity index (χ3n) is 2.28. The predicted octanol–water partition coefficient (Wildman–Crippen LogP) is 2.24. The number of benzene rings is 1. The molecule has 0 aliphatic carbocycles. The topological polar surface area (TPSA) is 50.9 Å². The fourth-order valence-electron chi connectivity index (χ4n) is 1.33. The van der Waals surface area contributed by atoms with Crippen molar-refractivity contribution >= 4 is 22.6 Å². The molecule has 0 aliphatic heterocycles. The molecular formula is C11H11FIN3O. The summed E-state index contributed by atoms with van der Waals surface area (Å²) >= 11 is 2.03. The number of aromatic nitrogens is 3. The van der Waals surface area contributed by atoms with E-state index in [1.54, 1.807) is 26.1 Å². The fourth-order valence-corrected chi connectivity index (χ4v) is 2.05. The highest BCUT2D eigenvalue weighted by Gasteiger charge is 2.20. The average molecular weight is 347 g/mol. The van der Waals surface area contributed by atoms with Gasteiger partial charge in [-0.25, -0.2) is 9.07 Å². The van der Waals surface area contributed by atoms with Gasteiger partial charge in [0.1, 0.15) is 17.1 Å². The summed E-state index contributed by atoms with van der Waals surface area (Å²) in [6, 6.07) is 4.41. The van der Waals surface area contributed by atoms with Crippen molar-refractivity contribution in [2.75, 3.05) is 0 Å². The Bertz CT molecular complexity index is 548. The lowest BCUT2D eigenvalue weighted by Crippen LogP contribution is -2.15. The highest BCUT2D eigenvalue weighted by Crippen LogP contribution is 2.21. The van der Waals surface area contributed by atoms with Crippen LogP contribution in [0.5, 0.6) is 0 Å². The Morgan fingerprint density at radius 3 is 2.65 bits per heavy atom. The Labute approximate surface area is 112 Å². The first kappa shape index (κ1) is 12.4. The number of nitrogens with zero attached hydrogens (tertiary/aromatic N) is 3. The van der Waals surface area contributed by atoms with Crippen LogP contribution in [0.1, 0.15) is 19.5 Å². The smallest absolute Gasteiger partial charge is 0.124 e. The molecule has 0 atom stereocenters. The maximum atomic E-state index is 13.0. The maximum Gasteiger partial charge on any atom is 0.124 e. The Morgan fingerprint density at radius 1 is 1.41 bits per heavy atom.